The van der Waals surface area contributed by atoms with E-state index in [2.05, 4.69) is 4.98 Å². The topological polar surface area (TPSA) is 77.9 Å². The summed E-state index contributed by atoms with van der Waals surface area (Å²) in [5.41, 5.74) is 0.631. The third kappa shape index (κ3) is 4.75. The van der Waals surface area contributed by atoms with E-state index in [9.17, 15) is 13.6 Å². The van der Waals surface area contributed by atoms with Gasteiger partial charge in [-0.05, 0) is 36.2 Å². The molecular formula is C20H21F2NO5. The fourth-order valence-corrected chi connectivity index (χ4v) is 2.75. The van der Waals surface area contributed by atoms with E-state index in [1.807, 2.05) is 6.92 Å². The number of rotatable bonds is 9. The molecule has 6 nitrogen and oxygen atoms in total. The molecule has 0 amide bonds. The second kappa shape index (κ2) is 8.52. The molecule has 0 saturated carbocycles. The first-order valence-electron chi connectivity index (χ1n) is 8.87. The Hall–Kier alpha value is -2.74. The summed E-state index contributed by atoms with van der Waals surface area (Å²) >= 11 is 0. The summed E-state index contributed by atoms with van der Waals surface area (Å²) in [4.78, 5) is 14.7. The van der Waals surface area contributed by atoms with Gasteiger partial charge in [-0.1, -0.05) is 6.92 Å². The molecule has 1 N–H and O–H groups in total. The lowest BCUT2D eigenvalue weighted by atomic mass is 9.90. The van der Waals surface area contributed by atoms with Crippen molar-refractivity contribution in [2.24, 2.45) is 5.41 Å². The predicted octanol–water partition coefficient (Wildman–Crippen LogP) is 3.69. The predicted molar refractivity (Wildman–Crippen MR) is 96.4 cm³/mol. The molecule has 3 rings (SSSR count). The number of hydrogen-bond donors (Lipinski definition) is 1. The van der Waals surface area contributed by atoms with Crippen LogP contribution in [-0.4, -0.2) is 42.5 Å². The largest absolute Gasteiger partial charge is 0.488 e. The van der Waals surface area contributed by atoms with Crippen LogP contribution in [0.2, 0.25) is 0 Å². The van der Waals surface area contributed by atoms with E-state index >= 15 is 0 Å². The molecule has 8 heteroatoms. The minimum Gasteiger partial charge on any atom is -0.488 e. The SMILES string of the molecule is CC1(COc2ncccc2-c2cc(F)c(OCCCC(=O)O)c(F)c2)COC1. The molecule has 0 unspecified atom stereocenters. The Morgan fingerprint density at radius 1 is 1.29 bits per heavy atom. The lowest BCUT2D eigenvalue weighted by Crippen LogP contribution is -2.44. The van der Waals surface area contributed by atoms with Crippen molar-refractivity contribution in [2.75, 3.05) is 26.4 Å². The Balaban J connectivity index is 1.75. The Morgan fingerprint density at radius 3 is 2.61 bits per heavy atom. The van der Waals surface area contributed by atoms with Gasteiger partial charge in [0.1, 0.15) is 0 Å². The van der Waals surface area contributed by atoms with Gasteiger partial charge in [-0.3, -0.25) is 4.79 Å². The fraction of sp³-hybridized carbons (Fsp3) is 0.400. The number of ether oxygens (including phenoxy) is 3. The smallest absolute Gasteiger partial charge is 0.303 e. The monoisotopic (exact) mass is 393 g/mol. The molecule has 150 valence electrons. The van der Waals surface area contributed by atoms with Gasteiger partial charge in [-0.15, -0.1) is 0 Å². The zero-order valence-electron chi connectivity index (χ0n) is 15.4. The van der Waals surface area contributed by atoms with Crippen LogP contribution in [0.15, 0.2) is 30.5 Å². The summed E-state index contributed by atoms with van der Waals surface area (Å²) in [7, 11) is 0. The first-order chi connectivity index (χ1) is 13.4. The second-order valence-corrected chi connectivity index (χ2v) is 7.06. The highest BCUT2D eigenvalue weighted by molar-refractivity contribution is 5.69. The van der Waals surface area contributed by atoms with Crippen molar-refractivity contribution in [3.8, 4) is 22.8 Å². The van der Waals surface area contributed by atoms with Gasteiger partial charge in [0, 0.05) is 23.6 Å². The summed E-state index contributed by atoms with van der Waals surface area (Å²) in [5, 5.41) is 8.59. The maximum Gasteiger partial charge on any atom is 0.303 e. The van der Waals surface area contributed by atoms with Gasteiger partial charge in [0.05, 0.1) is 26.4 Å². The molecule has 2 aromatic rings. The molecule has 0 spiro atoms. The molecule has 1 aliphatic rings. The third-order valence-electron chi connectivity index (χ3n) is 4.32. The normalized spacial score (nSPS) is 15.0. The van der Waals surface area contributed by atoms with E-state index in [-0.39, 0.29) is 36.3 Å². The van der Waals surface area contributed by atoms with Gasteiger partial charge in [-0.2, -0.15) is 0 Å². The van der Waals surface area contributed by atoms with Crippen molar-refractivity contribution in [3.05, 3.63) is 42.1 Å². The zero-order chi connectivity index (χ0) is 20.1. The highest BCUT2D eigenvalue weighted by atomic mass is 19.1. The standard InChI is InChI=1S/C20H21F2NO5/c1-20(10-26-11-20)12-28-19-14(4-2-6-23-19)13-8-15(21)18(16(22)9-13)27-7-3-5-17(24)25/h2,4,6,8-9H,3,5,7,10-12H2,1H3,(H,24,25). The van der Waals surface area contributed by atoms with Crippen LogP contribution < -0.4 is 9.47 Å². The molecule has 1 fully saturated rings. The van der Waals surface area contributed by atoms with Crippen LogP contribution in [0.25, 0.3) is 11.1 Å². The van der Waals surface area contributed by atoms with Gasteiger partial charge in [0.2, 0.25) is 5.88 Å². The van der Waals surface area contributed by atoms with Crippen molar-refractivity contribution < 1.29 is 32.9 Å². The molecule has 2 heterocycles. The lowest BCUT2D eigenvalue weighted by molar-refractivity contribution is -0.137. The number of benzene rings is 1. The maximum absolute atomic E-state index is 14.4. The van der Waals surface area contributed by atoms with Crippen molar-refractivity contribution in [2.45, 2.75) is 19.8 Å². The van der Waals surface area contributed by atoms with Gasteiger partial charge in [0.25, 0.3) is 0 Å². The van der Waals surface area contributed by atoms with Crippen LogP contribution in [0.3, 0.4) is 0 Å². The highest BCUT2D eigenvalue weighted by Gasteiger charge is 2.34. The molecule has 0 bridgehead atoms. The molecule has 0 aliphatic carbocycles. The number of nitrogens with zero attached hydrogens (tertiary/aromatic N) is 1. The summed E-state index contributed by atoms with van der Waals surface area (Å²) in [6.45, 7) is 3.49. The summed E-state index contributed by atoms with van der Waals surface area (Å²) in [6, 6.07) is 5.62. The average Bonchev–Trinajstić information content (AvgIpc) is 2.63. The Bertz CT molecular complexity index is 831. The van der Waals surface area contributed by atoms with Gasteiger partial charge in [0.15, 0.2) is 17.4 Å². The van der Waals surface area contributed by atoms with E-state index in [0.717, 1.165) is 12.1 Å². The van der Waals surface area contributed by atoms with Crippen molar-refractivity contribution >= 4 is 5.97 Å². The number of aromatic nitrogens is 1. The minimum atomic E-state index is -0.994. The van der Waals surface area contributed by atoms with Crippen LogP contribution in [-0.2, 0) is 9.53 Å². The van der Waals surface area contributed by atoms with E-state index in [0.29, 0.717) is 25.4 Å². The van der Waals surface area contributed by atoms with Gasteiger partial charge < -0.3 is 19.3 Å². The minimum absolute atomic E-state index is 0.0958. The second-order valence-electron chi connectivity index (χ2n) is 7.06. The molecular weight excluding hydrogens is 372 g/mol. The maximum atomic E-state index is 14.4. The van der Waals surface area contributed by atoms with Crippen LogP contribution in [0, 0.1) is 17.0 Å². The zero-order valence-corrected chi connectivity index (χ0v) is 15.4. The van der Waals surface area contributed by atoms with Crippen molar-refractivity contribution in [1.82, 2.24) is 4.98 Å². The summed E-state index contributed by atoms with van der Waals surface area (Å²) < 4.78 is 44.8. The molecule has 1 aliphatic heterocycles. The molecule has 1 saturated heterocycles. The molecule has 0 atom stereocenters. The Morgan fingerprint density at radius 2 is 2.00 bits per heavy atom. The quantitative estimate of drug-likeness (QED) is 0.655. The number of hydrogen-bond acceptors (Lipinski definition) is 5. The Labute approximate surface area is 161 Å². The van der Waals surface area contributed by atoms with E-state index < -0.39 is 23.4 Å². The number of pyridine rings is 1. The van der Waals surface area contributed by atoms with Crippen LogP contribution >= 0.6 is 0 Å². The molecule has 1 aromatic heterocycles. The first kappa shape index (κ1) is 20.0. The van der Waals surface area contributed by atoms with E-state index in [1.54, 1.807) is 18.3 Å². The summed E-state index contributed by atoms with van der Waals surface area (Å²) in [6.07, 6.45) is 1.56. The first-order valence-corrected chi connectivity index (χ1v) is 8.87. The van der Waals surface area contributed by atoms with Crippen LogP contribution in [0.5, 0.6) is 11.6 Å². The number of halogens is 2. The average molecular weight is 393 g/mol. The van der Waals surface area contributed by atoms with E-state index in [4.69, 9.17) is 19.3 Å². The fourth-order valence-electron chi connectivity index (χ4n) is 2.75. The number of aliphatic carboxylic acids is 1. The lowest BCUT2D eigenvalue weighted by Gasteiger charge is -2.37. The molecule has 1 aromatic carbocycles. The van der Waals surface area contributed by atoms with Crippen molar-refractivity contribution in [1.29, 1.82) is 0 Å². The molecule has 0 radical (unpaired) electrons. The van der Waals surface area contributed by atoms with Crippen LogP contribution in [0.4, 0.5) is 8.78 Å². The number of carboxylic acids is 1. The Kier molecular flexibility index (Phi) is 6.08. The molecule has 28 heavy (non-hydrogen) atoms. The van der Waals surface area contributed by atoms with Gasteiger partial charge >= 0.3 is 5.97 Å². The summed E-state index contributed by atoms with van der Waals surface area (Å²) in [5.74, 6) is -2.99. The highest BCUT2D eigenvalue weighted by Crippen LogP contribution is 2.34. The third-order valence-corrected chi connectivity index (χ3v) is 4.32. The van der Waals surface area contributed by atoms with Crippen LogP contribution in [0.1, 0.15) is 19.8 Å². The van der Waals surface area contributed by atoms with E-state index in [1.165, 1.54) is 0 Å². The van der Waals surface area contributed by atoms with Gasteiger partial charge in [-0.25, -0.2) is 13.8 Å². The number of carboxylic acid groups (broad SMARTS) is 1. The van der Waals surface area contributed by atoms with Crippen molar-refractivity contribution in [3.63, 3.8) is 0 Å². The number of carbonyl (C=O) groups is 1.